The first-order chi connectivity index (χ1) is 8.60. The zero-order chi connectivity index (χ0) is 13.1. The van der Waals surface area contributed by atoms with Crippen LogP contribution in [0.3, 0.4) is 0 Å². The van der Waals surface area contributed by atoms with Crippen LogP contribution in [0.15, 0.2) is 24.3 Å². The summed E-state index contributed by atoms with van der Waals surface area (Å²) in [7, 11) is 1.34. The van der Waals surface area contributed by atoms with Gasteiger partial charge in [-0.1, -0.05) is 12.1 Å². The Hall–Kier alpha value is -1.75. The van der Waals surface area contributed by atoms with Crippen LogP contribution in [0.2, 0.25) is 0 Å². The summed E-state index contributed by atoms with van der Waals surface area (Å²) in [4.78, 5) is 16.2. The van der Waals surface area contributed by atoms with Gasteiger partial charge in [-0.25, -0.2) is 14.2 Å². The lowest BCUT2D eigenvalue weighted by atomic mass is 10.1. The molecular formula is C13H12FNO2S. The maximum Gasteiger partial charge on any atom is 0.349 e. The molecule has 1 heterocycles. The molecule has 0 aliphatic carbocycles. The minimum absolute atomic E-state index is 0.269. The lowest BCUT2D eigenvalue weighted by Gasteiger charge is -1.97. The summed E-state index contributed by atoms with van der Waals surface area (Å²) in [5.41, 5.74) is 1.48. The summed E-state index contributed by atoms with van der Waals surface area (Å²) in [6.07, 6.45) is 0.514. The van der Waals surface area contributed by atoms with Gasteiger partial charge in [0.2, 0.25) is 0 Å². The summed E-state index contributed by atoms with van der Waals surface area (Å²) in [6.45, 7) is 1.76. The predicted octanol–water partition coefficient (Wildman–Crippen LogP) is 2.97. The lowest BCUT2D eigenvalue weighted by Crippen LogP contribution is -1.99. The molecule has 0 amide bonds. The maximum absolute atomic E-state index is 13.0. The Labute approximate surface area is 108 Å². The molecule has 0 spiro atoms. The predicted molar refractivity (Wildman–Crippen MR) is 67.4 cm³/mol. The van der Waals surface area contributed by atoms with Gasteiger partial charge in [0.1, 0.15) is 10.7 Å². The Morgan fingerprint density at radius 3 is 2.94 bits per heavy atom. The number of benzene rings is 1. The molecule has 2 rings (SSSR count). The number of rotatable bonds is 3. The van der Waals surface area contributed by atoms with Gasteiger partial charge in [0, 0.05) is 6.42 Å². The van der Waals surface area contributed by atoms with Gasteiger partial charge in [-0.3, -0.25) is 0 Å². The van der Waals surface area contributed by atoms with E-state index >= 15 is 0 Å². The molecule has 0 fully saturated rings. The molecule has 0 N–H and O–H groups in total. The Morgan fingerprint density at radius 2 is 2.28 bits per heavy atom. The molecule has 3 nitrogen and oxygen atoms in total. The maximum atomic E-state index is 13.0. The molecule has 1 aromatic heterocycles. The van der Waals surface area contributed by atoms with Gasteiger partial charge in [-0.15, -0.1) is 11.3 Å². The lowest BCUT2D eigenvalue weighted by molar-refractivity contribution is 0.0605. The van der Waals surface area contributed by atoms with Gasteiger partial charge < -0.3 is 4.74 Å². The number of thiazole rings is 1. The molecule has 0 aliphatic rings. The fraction of sp³-hybridized carbons (Fsp3) is 0.231. The molecular weight excluding hydrogens is 253 g/mol. The number of carbonyl (C=O) groups excluding carboxylic acids is 1. The van der Waals surface area contributed by atoms with Crippen molar-refractivity contribution in [2.24, 2.45) is 0 Å². The smallest absolute Gasteiger partial charge is 0.349 e. The van der Waals surface area contributed by atoms with E-state index < -0.39 is 0 Å². The zero-order valence-corrected chi connectivity index (χ0v) is 10.9. The first kappa shape index (κ1) is 12.7. The molecule has 5 heteroatoms. The molecule has 94 valence electrons. The highest BCUT2D eigenvalue weighted by molar-refractivity contribution is 7.13. The monoisotopic (exact) mass is 265 g/mol. The van der Waals surface area contributed by atoms with Gasteiger partial charge >= 0.3 is 5.97 Å². The van der Waals surface area contributed by atoms with Crippen LogP contribution in [-0.4, -0.2) is 18.1 Å². The van der Waals surface area contributed by atoms with Crippen LogP contribution in [-0.2, 0) is 11.2 Å². The molecule has 0 bridgehead atoms. The number of aryl methyl sites for hydroxylation is 1. The van der Waals surface area contributed by atoms with Crippen LogP contribution >= 0.6 is 11.3 Å². The Kier molecular flexibility index (Phi) is 3.72. The molecule has 0 aliphatic heterocycles. The molecule has 0 saturated carbocycles. The molecule has 0 atom stereocenters. The van der Waals surface area contributed by atoms with E-state index in [1.165, 1.54) is 30.6 Å². The first-order valence-electron chi connectivity index (χ1n) is 5.39. The SMILES string of the molecule is COC(=O)c1sc(Cc2cccc(F)c2)nc1C. The van der Waals surface area contributed by atoms with Crippen LogP contribution in [0.1, 0.15) is 25.9 Å². The second-order valence-electron chi connectivity index (χ2n) is 3.82. The second-order valence-corrected chi connectivity index (χ2v) is 4.90. The van der Waals surface area contributed by atoms with Crippen LogP contribution in [0.4, 0.5) is 4.39 Å². The number of halogens is 1. The van der Waals surface area contributed by atoms with Crippen molar-refractivity contribution in [2.75, 3.05) is 7.11 Å². The van der Waals surface area contributed by atoms with E-state index in [9.17, 15) is 9.18 Å². The quantitative estimate of drug-likeness (QED) is 0.801. The average Bonchev–Trinajstić information content (AvgIpc) is 2.69. The van der Waals surface area contributed by atoms with Crippen molar-refractivity contribution in [3.05, 3.63) is 51.2 Å². The van der Waals surface area contributed by atoms with Gasteiger partial charge in [-0.05, 0) is 24.6 Å². The largest absolute Gasteiger partial charge is 0.465 e. The minimum Gasteiger partial charge on any atom is -0.465 e. The van der Waals surface area contributed by atoms with Crippen LogP contribution in [0.25, 0.3) is 0 Å². The summed E-state index contributed by atoms with van der Waals surface area (Å²) in [6, 6.07) is 6.36. The normalized spacial score (nSPS) is 10.4. The highest BCUT2D eigenvalue weighted by Crippen LogP contribution is 2.21. The van der Waals surface area contributed by atoms with Crippen molar-refractivity contribution in [3.8, 4) is 0 Å². The molecule has 18 heavy (non-hydrogen) atoms. The first-order valence-corrected chi connectivity index (χ1v) is 6.21. The molecule has 1 aromatic carbocycles. The number of hydrogen-bond donors (Lipinski definition) is 0. The Bertz CT molecular complexity index is 580. The topological polar surface area (TPSA) is 39.2 Å². The molecule has 2 aromatic rings. The Morgan fingerprint density at radius 1 is 1.50 bits per heavy atom. The van der Waals surface area contributed by atoms with Crippen molar-refractivity contribution < 1.29 is 13.9 Å². The van der Waals surface area contributed by atoms with Gasteiger partial charge in [0.05, 0.1) is 17.8 Å². The molecule has 0 saturated heterocycles. The van der Waals surface area contributed by atoms with E-state index in [2.05, 4.69) is 9.72 Å². The molecule has 0 radical (unpaired) electrons. The summed E-state index contributed by atoms with van der Waals surface area (Å²) < 4.78 is 17.7. The number of hydrogen-bond acceptors (Lipinski definition) is 4. The summed E-state index contributed by atoms with van der Waals surface area (Å²) in [5, 5.41) is 0.776. The van der Waals surface area contributed by atoms with Crippen molar-refractivity contribution in [3.63, 3.8) is 0 Å². The van der Waals surface area contributed by atoms with E-state index in [0.717, 1.165) is 10.6 Å². The molecule has 0 unspecified atom stereocenters. The zero-order valence-electron chi connectivity index (χ0n) is 10.1. The van der Waals surface area contributed by atoms with Crippen molar-refractivity contribution >= 4 is 17.3 Å². The van der Waals surface area contributed by atoms with Crippen LogP contribution in [0, 0.1) is 12.7 Å². The third-order valence-corrected chi connectivity index (χ3v) is 3.59. The van der Waals surface area contributed by atoms with E-state index in [0.29, 0.717) is 17.0 Å². The third-order valence-electron chi connectivity index (χ3n) is 2.46. The standard InChI is InChI=1S/C13H12FNO2S/c1-8-12(13(16)17-2)18-11(15-8)7-9-4-3-5-10(14)6-9/h3-6H,7H2,1-2H3. The van der Waals surface area contributed by atoms with Gasteiger partial charge in [-0.2, -0.15) is 0 Å². The van der Waals surface area contributed by atoms with E-state index in [-0.39, 0.29) is 11.8 Å². The minimum atomic E-state index is -0.379. The van der Waals surface area contributed by atoms with Crippen molar-refractivity contribution in [1.29, 1.82) is 0 Å². The van der Waals surface area contributed by atoms with E-state index in [1.807, 2.05) is 6.07 Å². The highest BCUT2D eigenvalue weighted by Gasteiger charge is 2.15. The number of aromatic nitrogens is 1. The van der Waals surface area contributed by atoms with Gasteiger partial charge in [0.25, 0.3) is 0 Å². The number of carbonyl (C=O) groups is 1. The van der Waals surface area contributed by atoms with Crippen LogP contribution < -0.4 is 0 Å². The Balaban J connectivity index is 2.23. The second kappa shape index (κ2) is 5.27. The van der Waals surface area contributed by atoms with E-state index in [1.54, 1.807) is 13.0 Å². The highest BCUT2D eigenvalue weighted by atomic mass is 32.1. The number of ether oxygens (including phenoxy) is 1. The number of esters is 1. The van der Waals surface area contributed by atoms with Crippen LogP contribution in [0.5, 0.6) is 0 Å². The average molecular weight is 265 g/mol. The third kappa shape index (κ3) is 2.73. The van der Waals surface area contributed by atoms with Crippen molar-refractivity contribution in [2.45, 2.75) is 13.3 Å². The number of nitrogens with zero attached hydrogens (tertiary/aromatic N) is 1. The number of methoxy groups -OCH3 is 1. The summed E-state index contributed by atoms with van der Waals surface area (Å²) >= 11 is 1.28. The fourth-order valence-corrected chi connectivity index (χ4v) is 2.65. The summed E-state index contributed by atoms with van der Waals surface area (Å²) in [5.74, 6) is -0.649. The van der Waals surface area contributed by atoms with E-state index in [4.69, 9.17) is 0 Å². The van der Waals surface area contributed by atoms with Crippen molar-refractivity contribution in [1.82, 2.24) is 4.98 Å². The van der Waals surface area contributed by atoms with Gasteiger partial charge in [0.15, 0.2) is 0 Å². The fourth-order valence-electron chi connectivity index (χ4n) is 1.63.